The largest absolute Gasteiger partial charge is 0.371 e. The Labute approximate surface area is 226 Å². The number of anilines is 2. The fraction of sp³-hybridized carbons (Fsp3) is 0.323. The number of benzene rings is 3. The minimum Gasteiger partial charge on any atom is -0.371 e. The van der Waals surface area contributed by atoms with Crippen LogP contribution < -0.4 is 9.80 Å². The van der Waals surface area contributed by atoms with Gasteiger partial charge < -0.3 is 14.2 Å². The van der Waals surface area contributed by atoms with Gasteiger partial charge in [0.05, 0.1) is 11.3 Å². The number of aromatic nitrogens is 2. The smallest absolute Gasteiger partial charge is 0.0676 e. The van der Waals surface area contributed by atoms with Crippen LogP contribution in [-0.4, -0.2) is 35.6 Å². The molecule has 0 N–H and O–H groups in total. The molecule has 0 amide bonds. The molecule has 0 spiro atoms. The van der Waals surface area contributed by atoms with Gasteiger partial charge in [-0.1, -0.05) is 29.7 Å². The fourth-order valence-electron chi connectivity index (χ4n) is 6.28. The molecule has 0 saturated carbocycles. The molecule has 36 heavy (non-hydrogen) atoms. The molecule has 4 nitrogen and oxygen atoms in total. The summed E-state index contributed by atoms with van der Waals surface area (Å²) in [5.41, 5.74) is 7.44. The number of pyridine rings is 1. The van der Waals surface area contributed by atoms with Crippen LogP contribution in [0, 0.1) is 6.07 Å². The van der Waals surface area contributed by atoms with Gasteiger partial charge in [0.15, 0.2) is 0 Å². The minimum absolute atomic E-state index is 0. The molecule has 2 aliphatic rings. The van der Waals surface area contributed by atoms with E-state index < -0.39 is 0 Å². The number of hydrogen-bond donors (Lipinski definition) is 0. The third kappa shape index (κ3) is 3.81. The van der Waals surface area contributed by atoms with E-state index in [1.807, 2.05) is 6.07 Å². The van der Waals surface area contributed by atoms with Crippen molar-refractivity contribution in [3.8, 4) is 11.3 Å². The summed E-state index contributed by atoms with van der Waals surface area (Å²) < 4.78 is 2.39. The minimum atomic E-state index is 0. The Morgan fingerprint density at radius 1 is 0.667 bits per heavy atom. The molecule has 7 rings (SSSR count). The van der Waals surface area contributed by atoms with Crippen LogP contribution in [-0.2, 0) is 20.1 Å². The Bertz CT molecular complexity index is 1490. The predicted octanol–water partition coefficient (Wildman–Crippen LogP) is 7.09. The van der Waals surface area contributed by atoms with E-state index >= 15 is 0 Å². The molecule has 0 atom stereocenters. The van der Waals surface area contributed by atoms with Crippen LogP contribution in [0.4, 0.5) is 11.4 Å². The molecular weight excluding hydrogens is 621 g/mol. The van der Waals surface area contributed by atoms with Crippen LogP contribution in [0.15, 0.2) is 66.9 Å². The van der Waals surface area contributed by atoms with Gasteiger partial charge >= 0.3 is 0 Å². The Morgan fingerprint density at radius 2 is 1.31 bits per heavy atom. The topological polar surface area (TPSA) is 23.8 Å². The van der Waals surface area contributed by atoms with Gasteiger partial charge in [0.1, 0.15) is 0 Å². The first-order valence-corrected chi connectivity index (χ1v) is 13.2. The van der Waals surface area contributed by atoms with E-state index in [9.17, 15) is 0 Å². The third-order valence-electron chi connectivity index (χ3n) is 7.95. The van der Waals surface area contributed by atoms with Crippen LogP contribution in [0.3, 0.4) is 0 Å². The van der Waals surface area contributed by atoms with E-state index in [0.717, 1.165) is 37.2 Å². The number of hydrogen-bond acceptors (Lipinski definition) is 3. The van der Waals surface area contributed by atoms with Crippen LogP contribution >= 0.6 is 0 Å². The quantitative estimate of drug-likeness (QED) is 0.154. The maximum Gasteiger partial charge on any atom is 0.0676 e. The summed E-state index contributed by atoms with van der Waals surface area (Å²) in [6.45, 7) is 4.52. The van der Waals surface area contributed by atoms with E-state index in [-0.39, 0.29) is 20.1 Å². The van der Waals surface area contributed by atoms with Gasteiger partial charge in [0, 0.05) is 74.9 Å². The van der Waals surface area contributed by atoms with E-state index in [2.05, 4.69) is 81.1 Å². The van der Waals surface area contributed by atoms with E-state index in [4.69, 9.17) is 4.98 Å². The van der Waals surface area contributed by atoms with Gasteiger partial charge in [0.2, 0.25) is 0 Å². The van der Waals surface area contributed by atoms with Crippen molar-refractivity contribution in [3.63, 3.8) is 0 Å². The molecule has 2 fully saturated rings. The predicted molar refractivity (Wildman–Crippen MR) is 147 cm³/mol. The van der Waals surface area contributed by atoms with Gasteiger partial charge in [-0.15, -0.1) is 29.7 Å². The van der Waals surface area contributed by atoms with Crippen molar-refractivity contribution >= 4 is 38.7 Å². The van der Waals surface area contributed by atoms with Crippen molar-refractivity contribution in [1.29, 1.82) is 0 Å². The maximum atomic E-state index is 5.04. The monoisotopic (exact) mass is 652 g/mol. The van der Waals surface area contributed by atoms with Gasteiger partial charge in [0.25, 0.3) is 0 Å². The Kier molecular flexibility index (Phi) is 6.45. The Hall–Kier alpha value is -2.88. The van der Waals surface area contributed by atoms with Crippen molar-refractivity contribution in [3.05, 3.63) is 72.9 Å². The molecule has 0 bridgehead atoms. The summed E-state index contributed by atoms with van der Waals surface area (Å²) in [5, 5.41) is 3.56. The van der Waals surface area contributed by atoms with Crippen LogP contribution in [0.2, 0.25) is 0 Å². The molecule has 5 aromatic rings. The summed E-state index contributed by atoms with van der Waals surface area (Å²) in [6, 6.07) is 25.5. The van der Waals surface area contributed by atoms with Crippen molar-refractivity contribution in [2.24, 2.45) is 0 Å². The van der Waals surface area contributed by atoms with E-state index in [0.29, 0.717) is 0 Å². The summed E-state index contributed by atoms with van der Waals surface area (Å²) in [6.07, 6.45) is 9.84. The summed E-state index contributed by atoms with van der Waals surface area (Å²) in [5.74, 6) is 0. The van der Waals surface area contributed by atoms with E-state index in [1.54, 1.807) is 0 Å². The Balaban J connectivity index is 0.00000240. The number of para-hydroxylation sites is 1. The fourth-order valence-corrected chi connectivity index (χ4v) is 6.28. The molecule has 3 aromatic carbocycles. The summed E-state index contributed by atoms with van der Waals surface area (Å²) >= 11 is 0. The first kappa shape index (κ1) is 23.5. The standard InChI is InChI=1S/C31H31N4.Ir/c1-7-18-33(19-8-1)27-16-11-17-28(34-20-9-2-10-21-34)30(27)29-22-32-31-25-14-4-3-12-23(25)24-13-5-6-15-26(24)35(29)31;/h3-6,11-13,15-17,22H,1-2,7-10,18-21H2;/q-1;. The average molecular weight is 652 g/mol. The van der Waals surface area contributed by atoms with Crippen molar-refractivity contribution in [2.45, 2.75) is 38.5 Å². The maximum absolute atomic E-state index is 5.04. The SMILES string of the molecule is [Ir].[c-]1cccc2c1c1ncc(-c3c(N4CCCCC4)cccc3N3CCCCC3)n1c1ccccc21. The molecule has 5 heteroatoms. The molecular formula is C31H31IrN4-. The first-order valence-electron chi connectivity index (χ1n) is 13.2. The number of rotatable bonds is 3. The Morgan fingerprint density at radius 3 is 2.00 bits per heavy atom. The van der Waals surface area contributed by atoms with Crippen LogP contribution in [0.25, 0.3) is 38.6 Å². The van der Waals surface area contributed by atoms with Crippen molar-refractivity contribution < 1.29 is 20.1 Å². The summed E-state index contributed by atoms with van der Waals surface area (Å²) in [7, 11) is 0. The number of imidazole rings is 1. The zero-order chi connectivity index (χ0) is 23.2. The molecule has 185 valence electrons. The van der Waals surface area contributed by atoms with Gasteiger partial charge in [-0.05, 0) is 62.1 Å². The molecule has 1 radical (unpaired) electrons. The van der Waals surface area contributed by atoms with Crippen LogP contribution in [0.5, 0.6) is 0 Å². The molecule has 0 unspecified atom stereocenters. The van der Waals surface area contributed by atoms with Gasteiger partial charge in [-0.3, -0.25) is 4.98 Å². The molecule has 2 aliphatic heterocycles. The van der Waals surface area contributed by atoms with Crippen molar-refractivity contribution in [1.82, 2.24) is 9.38 Å². The second kappa shape index (κ2) is 9.88. The van der Waals surface area contributed by atoms with Gasteiger partial charge in [-0.25, -0.2) is 0 Å². The number of fused-ring (bicyclic) bond motifs is 6. The number of nitrogens with zero attached hydrogens (tertiary/aromatic N) is 4. The molecule has 2 aromatic heterocycles. The molecule has 4 heterocycles. The van der Waals surface area contributed by atoms with Crippen LogP contribution in [0.1, 0.15) is 38.5 Å². The van der Waals surface area contributed by atoms with E-state index in [1.165, 1.54) is 77.4 Å². The second-order valence-corrected chi connectivity index (χ2v) is 10.0. The average Bonchev–Trinajstić information content (AvgIpc) is 3.39. The van der Waals surface area contributed by atoms with Gasteiger partial charge in [-0.2, -0.15) is 0 Å². The second-order valence-electron chi connectivity index (χ2n) is 10.0. The third-order valence-corrected chi connectivity index (χ3v) is 7.95. The zero-order valence-electron chi connectivity index (χ0n) is 20.5. The summed E-state index contributed by atoms with van der Waals surface area (Å²) in [4.78, 5) is 10.3. The number of piperidine rings is 2. The molecule has 0 aliphatic carbocycles. The molecule has 2 saturated heterocycles. The normalized spacial score (nSPS) is 16.6. The first-order chi connectivity index (χ1) is 17.4. The zero-order valence-corrected chi connectivity index (χ0v) is 22.9. The van der Waals surface area contributed by atoms with Crippen molar-refractivity contribution in [2.75, 3.05) is 36.0 Å².